The highest BCUT2D eigenvalue weighted by molar-refractivity contribution is 6.31. The maximum absolute atomic E-state index is 13.9. The molecular formula is C34H32ClF3N2O. The Morgan fingerprint density at radius 2 is 1.54 bits per heavy atom. The third kappa shape index (κ3) is 6.59. The van der Waals surface area contributed by atoms with Crippen molar-refractivity contribution in [3.8, 4) is 5.75 Å². The lowest BCUT2D eigenvalue weighted by Crippen LogP contribution is -2.14. The summed E-state index contributed by atoms with van der Waals surface area (Å²) in [7, 11) is 0. The van der Waals surface area contributed by atoms with Crippen LogP contribution in [0.25, 0.3) is 11.0 Å². The summed E-state index contributed by atoms with van der Waals surface area (Å²) < 4.78 is 49.6. The molecule has 7 heteroatoms. The number of aromatic nitrogens is 2. The van der Waals surface area contributed by atoms with Gasteiger partial charge in [0.2, 0.25) is 0 Å². The van der Waals surface area contributed by atoms with Crippen LogP contribution in [-0.2, 0) is 25.7 Å². The zero-order valence-electron chi connectivity index (χ0n) is 23.3. The highest BCUT2D eigenvalue weighted by Gasteiger charge is 2.33. The molecule has 0 amide bonds. The van der Waals surface area contributed by atoms with Crippen molar-refractivity contribution in [1.82, 2.24) is 9.55 Å². The molecule has 0 saturated carbocycles. The van der Waals surface area contributed by atoms with Gasteiger partial charge < -0.3 is 9.30 Å². The van der Waals surface area contributed by atoms with E-state index in [1.807, 2.05) is 54.0 Å². The molecule has 0 spiro atoms. The molecule has 1 atom stereocenters. The number of imidazole rings is 1. The molecule has 3 nitrogen and oxygen atoms in total. The fourth-order valence-electron chi connectivity index (χ4n) is 5.16. The van der Waals surface area contributed by atoms with Crippen LogP contribution in [0.5, 0.6) is 5.75 Å². The van der Waals surface area contributed by atoms with Crippen molar-refractivity contribution in [2.75, 3.05) is 0 Å². The molecular weight excluding hydrogens is 545 g/mol. The summed E-state index contributed by atoms with van der Waals surface area (Å²) in [5, 5.41) is 0.622. The minimum absolute atomic E-state index is 0.0388. The molecule has 0 radical (unpaired) electrons. The largest absolute Gasteiger partial charge is 0.489 e. The second-order valence-corrected chi connectivity index (χ2v) is 11.2. The number of fused-ring (bicyclic) bond motifs is 1. The summed E-state index contributed by atoms with van der Waals surface area (Å²) >= 11 is 6.28. The molecule has 0 aliphatic carbocycles. The second-order valence-electron chi connectivity index (χ2n) is 10.8. The van der Waals surface area contributed by atoms with Crippen LogP contribution in [0.15, 0.2) is 91.0 Å². The van der Waals surface area contributed by atoms with E-state index in [9.17, 15) is 13.2 Å². The third-order valence-electron chi connectivity index (χ3n) is 7.26. The predicted octanol–water partition coefficient (Wildman–Crippen LogP) is 9.69. The van der Waals surface area contributed by atoms with Crippen molar-refractivity contribution in [2.24, 2.45) is 5.92 Å². The Morgan fingerprint density at radius 3 is 2.22 bits per heavy atom. The van der Waals surface area contributed by atoms with Crippen molar-refractivity contribution in [2.45, 2.75) is 52.4 Å². The van der Waals surface area contributed by atoms with Gasteiger partial charge in [0.05, 0.1) is 16.6 Å². The number of nitrogens with zero attached hydrogens (tertiary/aromatic N) is 2. The average Bonchev–Trinajstić information content (AvgIpc) is 3.29. The number of alkyl halides is 3. The monoisotopic (exact) mass is 576 g/mol. The smallest absolute Gasteiger partial charge is 0.416 e. The van der Waals surface area contributed by atoms with Crippen LogP contribution in [0.3, 0.4) is 0 Å². The first kappa shape index (κ1) is 28.7. The minimum atomic E-state index is -4.45. The Morgan fingerprint density at radius 1 is 0.854 bits per heavy atom. The van der Waals surface area contributed by atoms with E-state index in [4.69, 9.17) is 21.3 Å². The summed E-state index contributed by atoms with van der Waals surface area (Å²) in [4.78, 5) is 4.96. The summed E-state index contributed by atoms with van der Waals surface area (Å²) in [5.41, 5.74) is 4.11. The Bertz CT molecular complexity index is 1640. The van der Waals surface area contributed by atoms with Crippen molar-refractivity contribution in [3.63, 3.8) is 0 Å². The first-order valence-electron chi connectivity index (χ1n) is 13.7. The molecule has 0 saturated heterocycles. The van der Waals surface area contributed by atoms with Crippen LogP contribution in [-0.4, -0.2) is 9.55 Å². The van der Waals surface area contributed by atoms with Gasteiger partial charge in [-0.05, 0) is 53.3 Å². The average molecular weight is 577 g/mol. The fraction of sp³-hybridized carbons (Fsp3) is 0.265. The third-order valence-corrected chi connectivity index (χ3v) is 7.63. The second kappa shape index (κ2) is 12.0. The van der Waals surface area contributed by atoms with Crippen LogP contribution in [0.2, 0.25) is 5.02 Å². The molecule has 0 bridgehead atoms. The molecule has 0 aliphatic rings. The number of benzene rings is 4. The van der Waals surface area contributed by atoms with Crippen LogP contribution < -0.4 is 4.74 Å². The lowest BCUT2D eigenvalue weighted by atomic mass is 9.96. The first-order chi connectivity index (χ1) is 19.6. The molecule has 0 N–H and O–H groups in total. The molecule has 0 aliphatic heterocycles. The lowest BCUT2D eigenvalue weighted by molar-refractivity contribution is -0.138. The van der Waals surface area contributed by atoms with E-state index in [1.165, 1.54) is 17.7 Å². The molecule has 5 aromatic rings. The zero-order valence-corrected chi connectivity index (χ0v) is 24.0. The molecule has 1 heterocycles. The normalized spacial score (nSPS) is 12.7. The summed E-state index contributed by atoms with van der Waals surface area (Å²) in [6.07, 6.45) is -3.47. The van der Waals surface area contributed by atoms with Crippen LogP contribution >= 0.6 is 11.6 Å². The summed E-state index contributed by atoms with van der Waals surface area (Å²) in [6, 6.07) is 27.1. The first-order valence-corrected chi connectivity index (χ1v) is 14.1. The number of ether oxygens (including phenoxy) is 1. The van der Waals surface area contributed by atoms with Crippen LogP contribution in [0.4, 0.5) is 13.2 Å². The lowest BCUT2D eigenvalue weighted by Gasteiger charge is -2.18. The van der Waals surface area contributed by atoms with Gasteiger partial charge in [0.25, 0.3) is 0 Å². The number of halogens is 4. The number of hydrogen-bond donors (Lipinski definition) is 0. The molecule has 1 aromatic heterocycles. The van der Waals surface area contributed by atoms with Gasteiger partial charge in [0.15, 0.2) is 0 Å². The Labute approximate surface area is 243 Å². The molecule has 1 unspecified atom stereocenters. The standard InChI is InChI=1S/C34H32ClF3N2O/c1-22(2)18-24-12-14-25(15-13-24)23(3)33-39-31-19-28(41-21-27-9-5-7-11-30(27)35)16-17-32(31)40(33)20-26-8-4-6-10-29(26)34(36,37)38/h4-17,19,22-23H,18,20-21H2,1-3H3. The van der Waals surface area contributed by atoms with Gasteiger partial charge in [-0.2, -0.15) is 13.2 Å². The maximum Gasteiger partial charge on any atom is 0.416 e. The zero-order chi connectivity index (χ0) is 29.1. The minimum Gasteiger partial charge on any atom is -0.489 e. The highest BCUT2D eigenvalue weighted by Crippen LogP contribution is 2.35. The van der Waals surface area contributed by atoms with E-state index in [0.29, 0.717) is 28.0 Å². The highest BCUT2D eigenvalue weighted by atomic mass is 35.5. The van der Waals surface area contributed by atoms with Crippen molar-refractivity contribution in [3.05, 3.63) is 130 Å². The van der Waals surface area contributed by atoms with Crippen molar-refractivity contribution < 1.29 is 17.9 Å². The maximum atomic E-state index is 13.9. The van der Waals surface area contributed by atoms with E-state index >= 15 is 0 Å². The SMILES string of the molecule is CC(C)Cc1ccc(C(C)c2nc3cc(OCc4ccccc4Cl)ccc3n2Cc2ccccc2C(F)(F)F)cc1. The van der Waals surface area contributed by atoms with Gasteiger partial charge in [0, 0.05) is 29.1 Å². The molecule has 0 fully saturated rings. The predicted molar refractivity (Wildman–Crippen MR) is 159 cm³/mol. The van der Waals surface area contributed by atoms with Gasteiger partial charge in [-0.15, -0.1) is 0 Å². The van der Waals surface area contributed by atoms with Gasteiger partial charge in [-0.3, -0.25) is 0 Å². The van der Waals surface area contributed by atoms with Crippen molar-refractivity contribution in [1.29, 1.82) is 0 Å². The Kier molecular flexibility index (Phi) is 8.41. The number of hydrogen-bond acceptors (Lipinski definition) is 2. The van der Waals surface area contributed by atoms with Crippen LogP contribution in [0.1, 0.15) is 60.3 Å². The Hall–Kier alpha value is -3.77. The van der Waals surface area contributed by atoms with E-state index < -0.39 is 11.7 Å². The number of rotatable bonds is 9. The molecule has 4 aromatic carbocycles. The fourth-order valence-corrected chi connectivity index (χ4v) is 5.35. The molecule has 41 heavy (non-hydrogen) atoms. The van der Waals surface area contributed by atoms with Gasteiger partial charge >= 0.3 is 6.18 Å². The summed E-state index contributed by atoms with van der Waals surface area (Å²) in [6.45, 7) is 6.74. The van der Waals surface area contributed by atoms with Gasteiger partial charge in [-0.1, -0.05) is 93.0 Å². The van der Waals surface area contributed by atoms with E-state index in [0.717, 1.165) is 29.1 Å². The molecule has 212 valence electrons. The quantitative estimate of drug-likeness (QED) is 0.175. The topological polar surface area (TPSA) is 27.1 Å². The molecule has 5 rings (SSSR count). The Balaban J connectivity index is 1.54. The van der Waals surface area contributed by atoms with Gasteiger partial charge in [0.1, 0.15) is 18.2 Å². The van der Waals surface area contributed by atoms with E-state index in [-0.39, 0.29) is 24.6 Å². The van der Waals surface area contributed by atoms with E-state index in [2.05, 4.69) is 38.1 Å². The van der Waals surface area contributed by atoms with Crippen LogP contribution in [0, 0.1) is 5.92 Å². The van der Waals surface area contributed by atoms with Crippen molar-refractivity contribution >= 4 is 22.6 Å². The van der Waals surface area contributed by atoms with E-state index in [1.54, 1.807) is 6.07 Å². The van der Waals surface area contributed by atoms with Gasteiger partial charge in [-0.25, -0.2) is 4.98 Å². The summed E-state index contributed by atoms with van der Waals surface area (Å²) in [5.74, 6) is 1.69.